The second-order valence-electron chi connectivity index (χ2n) is 9.56. The number of nitrogens with zero attached hydrogens (tertiary/aromatic N) is 1. The highest BCUT2D eigenvalue weighted by molar-refractivity contribution is 5.79. The Hall–Kier alpha value is -3.28. The molecule has 1 N–H and O–H groups in total. The Balaban J connectivity index is 1.38. The number of rotatable bonds is 5. The number of hydrogen-bond acceptors (Lipinski definition) is 4. The van der Waals surface area contributed by atoms with Gasteiger partial charge in [0.25, 0.3) is 0 Å². The maximum Gasteiger partial charge on any atom is 0.410 e. The number of nitrogens with one attached hydrogen (secondary N) is 1. The summed E-state index contributed by atoms with van der Waals surface area (Å²) in [5.74, 6) is 0.00292. The molecule has 0 saturated carbocycles. The van der Waals surface area contributed by atoms with E-state index in [-0.39, 0.29) is 18.6 Å². The summed E-state index contributed by atoms with van der Waals surface area (Å²) >= 11 is 0. The normalized spacial score (nSPS) is 16.4. The summed E-state index contributed by atoms with van der Waals surface area (Å²) < 4.78 is 11.1. The molecule has 0 spiro atoms. The van der Waals surface area contributed by atoms with E-state index < -0.39 is 17.2 Å². The predicted molar refractivity (Wildman–Crippen MR) is 124 cm³/mol. The molecule has 32 heavy (non-hydrogen) atoms. The third kappa shape index (κ3) is 4.35. The third-order valence-electron chi connectivity index (χ3n) is 5.88. The Bertz CT molecular complexity index is 989. The van der Waals surface area contributed by atoms with Crippen LogP contribution in [0.15, 0.2) is 61.2 Å². The van der Waals surface area contributed by atoms with Crippen molar-refractivity contribution in [3.63, 3.8) is 0 Å². The molecule has 6 heteroatoms. The summed E-state index contributed by atoms with van der Waals surface area (Å²) in [4.78, 5) is 26.6. The van der Waals surface area contributed by atoms with Crippen LogP contribution in [-0.2, 0) is 9.47 Å². The van der Waals surface area contributed by atoms with Gasteiger partial charge in [-0.2, -0.15) is 0 Å². The van der Waals surface area contributed by atoms with Gasteiger partial charge in [-0.15, -0.1) is 6.58 Å². The minimum absolute atomic E-state index is 0.00292. The van der Waals surface area contributed by atoms with Gasteiger partial charge in [0.15, 0.2) is 0 Å². The van der Waals surface area contributed by atoms with E-state index in [1.807, 2.05) is 45.0 Å². The molecule has 168 valence electrons. The number of benzene rings is 2. The van der Waals surface area contributed by atoms with E-state index in [1.165, 1.54) is 22.3 Å². The quantitative estimate of drug-likeness (QED) is 0.666. The number of carbonyl (C=O) groups is 2. The van der Waals surface area contributed by atoms with Crippen molar-refractivity contribution in [2.45, 2.75) is 44.2 Å². The molecule has 1 heterocycles. The van der Waals surface area contributed by atoms with Crippen molar-refractivity contribution in [2.24, 2.45) is 0 Å². The van der Waals surface area contributed by atoms with Crippen LogP contribution in [0.3, 0.4) is 0 Å². The maximum absolute atomic E-state index is 12.7. The fraction of sp³-hybridized carbons (Fsp3) is 0.385. The van der Waals surface area contributed by atoms with Gasteiger partial charge in [0.2, 0.25) is 0 Å². The summed E-state index contributed by atoms with van der Waals surface area (Å²) in [6.07, 6.45) is 1.41. The van der Waals surface area contributed by atoms with E-state index in [4.69, 9.17) is 9.47 Å². The number of carbonyl (C=O) groups excluding carboxylic acids is 2. The smallest absolute Gasteiger partial charge is 0.410 e. The lowest BCUT2D eigenvalue weighted by Crippen LogP contribution is -2.71. The van der Waals surface area contributed by atoms with Gasteiger partial charge in [-0.05, 0) is 49.4 Å². The molecular weight excluding hydrogens is 404 g/mol. The molecule has 0 radical (unpaired) electrons. The average Bonchev–Trinajstić information content (AvgIpc) is 3.03. The van der Waals surface area contributed by atoms with Crippen LogP contribution in [0, 0.1) is 0 Å². The molecule has 0 atom stereocenters. The molecule has 1 aliphatic heterocycles. The number of likely N-dealkylation sites (tertiary alicyclic amines) is 1. The van der Waals surface area contributed by atoms with E-state index in [2.05, 4.69) is 36.2 Å². The van der Waals surface area contributed by atoms with Crippen LogP contribution in [0.5, 0.6) is 0 Å². The van der Waals surface area contributed by atoms with Crippen molar-refractivity contribution < 1.29 is 19.1 Å². The van der Waals surface area contributed by atoms with E-state index in [1.54, 1.807) is 11.0 Å². The standard InChI is InChI=1S/C26H30N2O4/c1-5-14-26(16-28(17-26)24(30)32-25(2,3)4)27-23(29)31-15-22-20-12-8-6-10-18(20)19-11-7-9-13-21(19)22/h5-13,22H,1,14-17H2,2-4H3,(H,27,29). The van der Waals surface area contributed by atoms with Gasteiger partial charge in [-0.1, -0.05) is 54.6 Å². The van der Waals surface area contributed by atoms with E-state index in [9.17, 15) is 9.59 Å². The average molecular weight is 435 g/mol. The van der Waals surface area contributed by atoms with E-state index in [0.717, 1.165) is 0 Å². The minimum atomic E-state index is -0.582. The monoisotopic (exact) mass is 434 g/mol. The Labute approximate surface area is 189 Å². The lowest BCUT2D eigenvalue weighted by molar-refractivity contribution is -0.0161. The first-order valence-corrected chi connectivity index (χ1v) is 10.9. The molecule has 2 aromatic rings. The molecule has 4 rings (SSSR count). The Morgan fingerprint density at radius 1 is 1.09 bits per heavy atom. The number of amides is 2. The van der Waals surface area contributed by atoms with Gasteiger partial charge in [-0.25, -0.2) is 9.59 Å². The zero-order chi connectivity index (χ0) is 22.9. The van der Waals surface area contributed by atoms with Crippen molar-refractivity contribution in [3.8, 4) is 11.1 Å². The topological polar surface area (TPSA) is 67.9 Å². The van der Waals surface area contributed by atoms with Gasteiger partial charge in [0.05, 0.1) is 5.54 Å². The van der Waals surface area contributed by atoms with Crippen LogP contribution >= 0.6 is 0 Å². The fourth-order valence-corrected chi connectivity index (χ4v) is 4.53. The molecular formula is C26H30N2O4. The highest BCUT2D eigenvalue weighted by Gasteiger charge is 2.47. The van der Waals surface area contributed by atoms with Crippen LogP contribution < -0.4 is 5.32 Å². The summed E-state index contributed by atoms with van der Waals surface area (Å²) in [5, 5.41) is 2.97. The Kier molecular flexibility index (Phi) is 5.71. The lowest BCUT2D eigenvalue weighted by atomic mass is 9.86. The van der Waals surface area contributed by atoms with Crippen molar-refractivity contribution in [1.82, 2.24) is 10.2 Å². The molecule has 0 bridgehead atoms. The first-order valence-electron chi connectivity index (χ1n) is 10.9. The van der Waals surface area contributed by atoms with Crippen molar-refractivity contribution in [3.05, 3.63) is 72.3 Å². The summed E-state index contributed by atoms with van der Waals surface area (Å²) in [6, 6.07) is 16.5. The predicted octanol–water partition coefficient (Wildman–Crippen LogP) is 5.09. The van der Waals surface area contributed by atoms with E-state index in [0.29, 0.717) is 19.5 Å². The summed E-state index contributed by atoms with van der Waals surface area (Å²) in [7, 11) is 0. The molecule has 1 fully saturated rings. The first-order chi connectivity index (χ1) is 15.2. The van der Waals surface area contributed by atoms with Gasteiger partial charge in [0, 0.05) is 19.0 Å². The van der Waals surface area contributed by atoms with Crippen molar-refractivity contribution in [2.75, 3.05) is 19.7 Å². The number of hydrogen-bond donors (Lipinski definition) is 1. The van der Waals surface area contributed by atoms with Crippen LogP contribution in [0.1, 0.15) is 44.2 Å². The molecule has 1 saturated heterocycles. The molecule has 1 aliphatic carbocycles. The highest BCUT2D eigenvalue weighted by Crippen LogP contribution is 2.44. The third-order valence-corrected chi connectivity index (χ3v) is 5.88. The van der Waals surface area contributed by atoms with Crippen LogP contribution in [0.25, 0.3) is 11.1 Å². The number of fused-ring (bicyclic) bond motifs is 3. The van der Waals surface area contributed by atoms with E-state index >= 15 is 0 Å². The molecule has 2 aliphatic rings. The zero-order valence-corrected chi connectivity index (χ0v) is 18.9. The van der Waals surface area contributed by atoms with Crippen LogP contribution in [-0.4, -0.2) is 47.9 Å². The van der Waals surface area contributed by atoms with Crippen LogP contribution in [0.2, 0.25) is 0 Å². The Morgan fingerprint density at radius 2 is 1.66 bits per heavy atom. The van der Waals surface area contributed by atoms with Crippen LogP contribution in [0.4, 0.5) is 9.59 Å². The molecule has 0 aromatic heterocycles. The molecule has 2 amide bonds. The first kappa shape index (κ1) is 21.9. The number of alkyl carbamates (subject to hydrolysis) is 1. The number of ether oxygens (including phenoxy) is 2. The van der Waals surface area contributed by atoms with Crippen molar-refractivity contribution in [1.29, 1.82) is 0 Å². The summed E-state index contributed by atoms with van der Waals surface area (Å²) in [6.45, 7) is 10.3. The largest absolute Gasteiger partial charge is 0.449 e. The minimum Gasteiger partial charge on any atom is -0.449 e. The molecule has 0 unspecified atom stereocenters. The molecule has 6 nitrogen and oxygen atoms in total. The SMILES string of the molecule is C=CCC1(NC(=O)OCC2c3ccccc3-c3ccccc32)CN(C(=O)OC(C)(C)C)C1. The fourth-order valence-electron chi connectivity index (χ4n) is 4.53. The highest BCUT2D eigenvalue weighted by atomic mass is 16.6. The van der Waals surface area contributed by atoms with Gasteiger partial charge in [0.1, 0.15) is 12.2 Å². The summed E-state index contributed by atoms with van der Waals surface area (Å²) in [5.41, 5.74) is 3.57. The Morgan fingerprint density at radius 3 is 2.19 bits per heavy atom. The van der Waals surface area contributed by atoms with Crippen molar-refractivity contribution >= 4 is 12.2 Å². The van der Waals surface area contributed by atoms with Gasteiger partial charge in [-0.3, -0.25) is 0 Å². The zero-order valence-electron chi connectivity index (χ0n) is 18.9. The second kappa shape index (κ2) is 8.34. The lowest BCUT2D eigenvalue weighted by Gasteiger charge is -2.49. The second-order valence-corrected chi connectivity index (χ2v) is 9.56. The maximum atomic E-state index is 12.7. The molecule has 2 aromatic carbocycles. The van der Waals surface area contributed by atoms with Gasteiger partial charge >= 0.3 is 12.2 Å². The van der Waals surface area contributed by atoms with Gasteiger partial charge < -0.3 is 19.7 Å².